The van der Waals surface area contributed by atoms with E-state index >= 15 is 0 Å². The number of hydrogen-bond acceptors (Lipinski definition) is 3. The van der Waals surface area contributed by atoms with Crippen LogP contribution in [0.1, 0.15) is 11.4 Å². The zero-order valence-electron chi connectivity index (χ0n) is 7.18. The molecule has 66 valence electrons. The second-order valence-electron chi connectivity index (χ2n) is 2.76. The summed E-state index contributed by atoms with van der Waals surface area (Å²) in [6.07, 6.45) is 3.27. The molecular weight excluding hydrogens is 166 g/mol. The Labute approximate surface area is 75.1 Å². The second kappa shape index (κ2) is 2.90. The van der Waals surface area contributed by atoms with Crippen LogP contribution in [-0.2, 0) is 0 Å². The van der Waals surface area contributed by atoms with Gasteiger partial charge in [0, 0.05) is 6.20 Å². The number of imidazole rings is 1. The summed E-state index contributed by atoms with van der Waals surface area (Å²) in [6, 6.07) is 5.73. The van der Waals surface area contributed by atoms with Crippen molar-refractivity contribution >= 4 is 11.9 Å². The highest BCUT2D eigenvalue weighted by molar-refractivity contribution is 5.80. The number of pyridine rings is 1. The maximum atomic E-state index is 8.45. The van der Waals surface area contributed by atoms with Gasteiger partial charge in [0.1, 0.15) is 5.65 Å². The molecule has 0 aliphatic rings. The Morgan fingerprint density at radius 2 is 2.38 bits per heavy atom. The van der Waals surface area contributed by atoms with Gasteiger partial charge in [-0.3, -0.25) is 4.40 Å². The fourth-order valence-electron chi connectivity index (χ4n) is 1.34. The monoisotopic (exact) mass is 175 g/mol. The van der Waals surface area contributed by atoms with E-state index in [0.29, 0.717) is 0 Å². The van der Waals surface area contributed by atoms with Crippen LogP contribution in [0.3, 0.4) is 0 Å². The van der Waals surface area contributed by atoms with Crippen molar-refractivity contribution in [3.63, 3.8) is 0 Å². The summed E-state index contributed by atoms with van der Waals surface area (Å²) in [6.45, 7) is 1.88. The third-order valence-electron chi connectivity index (χ3n) is 1.93. The standard InChI is InChI=1S/C9H9N3O/c1-7-8(6-10-13)12-5-3-2-4-9(12)11-7/h2-6,13H,1H3. The van der Waals surface area contributed by atoms with Crippen LogP contribution >= 0.6 is 0 Å². The summed E-state index contributed by atoms with van der Waals surface area (Å²) in [4.78, 5) is 4.29. The molecule has 2 heterocycles. The fraction of sp³-hybridized carbons (Fsp3) is 0.111. The highest BCUT2D eigenvalue weighted by Crippen LogP contribution is 2.08. The van der Waals surface area contributed by atoms with Crippen LogP contribution in [0.4, 0.5) is 0 Å². The van der Waals surface area contributed by atoms with E-state index in [1.807, 2.05) is 35.7 Å². The van der Waals surface area contributed by atoms with Gasteiger partial charge < -0.3 is 5.21 Å². The van der Waals surface area contributed by atoms with Gasteiger partial charge in [-0.1, -0.05) is 11.2 Å². The molecule has 0 bridgehead atoms. The van der Waals surface area contributed by atoms with E-state index in [4.69, 9.17) is 5.21 Å². The zero-order valence-corrected chi connectivity index (χ0v) is 7.18. The van der Waals surface area contributed by atoms with Crippen LogP contribution in [0.5, 0.6) is 0 Å². The Balaban J connectivity index is 2.78. The average molecular weight is 175 g/mol. The van der Waals surface area contributed by atoms with Gasteiger partial charge in [-0.05, 0) is 19.1 Å². The average Bonchev–Trinajstić information content (AvgIpc) is 2.44. The smallest absolute Gasteiger partial charge is 0.137 e. The minimum Gasteiger partial charge on any atom is -0.411 e. The number of rotatable bonds is 1. The van der Waals surface area contributed by atoms with Gasteiger partial charge in [0.05, 0.1) is 17.6 Å². The third-order valence-corrected chi connectivity index (χ3v) is 1.93. The van der Waals surface area contributed by atoms with Crippen LogP contribution in [0.15, 0.2) is 29.6 Å². The molecule has 0 radical (unpaired) electrons. The topological polar surface area (TPSA) is 49.9 Å². The van der Waals surface area contributed by atoms with E-state index in [9.17, 15) is 0 Å². The lowest BCUT2D eigenvalue weighted by molar-refractivity contribution is 0.321. The molecule has 1 N–H and O–H groups in total. The van der Waals surface area contributed by atoms with Crippen molar-refractivity contribution in [2.24, 2.45) is 5.16 Å². The summed E-state index contributed by atoms with van der Waals surface area (Å²) < 4.78 is 1.87. The number of hydrogen-bond donors (Lipinski definition) is 1. The minimum atomic E-state index is 0.804. The lowest BCUT2D eigenvalue weighted by Crippen LogP contribution is -1.91. The molecule has 2 aromatic heterocycles. The highest BCUT2D eigenvalue weighted by atomic mass is 16.4. The SMILES string of the molecule is Cc1nc2ccccn2c1C=NO. The van der Waals surface area contributed by atoms with Crippen LogP contribution in [0.2, 0.25) is 0 Å². The largest absolute Gasteiger partial charge is 0.411 e. The molecule has 13 heavy (non-hydrogen) atoms. The number of aromatic nitrogens is 2. The van der Waals surface area contributed by atoms with Crippen molar-refractivity contribution in [2.75, 3.05) is 0 Å². The van der Waals surface area contributed by atoms with Crippen molar-refractivity contribution in [1.29, 1.82) is 0 Å². The summed E-state index contributed by atoms with van der Waals surface area (Å²) in [5.74, 6) is 0. The van der Waals surface area contributed by atoms with Crippen molar-refractivity contribution in [3.05, 3.63) is 35.8 Å². The molecule has 0 saturated heterocycles. The Morgan fingerprint density at radius 1 is 1.54 bits per heavy atom. The molecule has 0 aliphatic carbocycles. The predicted molar refractivity (Wildman–Crippen MR) is 49.3 cm³/mol. The van der Waals surface area contributed by atoms with E-state index in [-0.39, 0.29) is 0 Å². The lowest BCUT2D eigenvalue weighted by atomic mass is 10.4. The van der Waals surface area contributed by atoms with E-state index < -0.39 is 0 Å². The molecule has 0 saturated carbocycles. The van der Waals surface area contributed by atoms with Crippen molar-refractivity contribution in [2.45, 2.75) is 6.92 Å². The molecular formula is C9H9N3O. The van der Waals surface area contributed by atoms with Gasteiger partial charge in [0.15, 0.2) is 0 Å². The summed E-state index contributed by atoms with van der Waals surface area (Å²) in [7, 11) is 0. The molecule has 4 nitrogen and oxygen atoms in total. The van der Waals surface area contributed by atoms with Gasteiger partial charge >= 0.3 is 0 Å². The Hall–Kier alpha value is -1.84. The van der Waals surface area contributed by atoms with Crippen LogP contribution < -0.4 is 0 Å². The van der Waals surface area contributed by atoms with E-state index in [2.05, 4.69) is 10.1 Å². The lowest BCUT2D eigenvalue weighted by Gasteiger charge is -1.93. The first-order chi connectivity index (χ1) is 6.33. The highest BCUT2D eigenvalue weighted by Gasteiger charge is 2.04. The first-order valence-electron chi connectivity index (χ1n) is 3.94. The molecule has 0 unspecified atom stereocenters. The number of aryl methyl sites for hydroxylation is 1. The molecule has 0 fully saturated rings. The Bertz CT molecular complexity index is 459. The molecule has 2 rings (SSSR count). The zero-order chi connectivity index (χ0) is 9.26. The maximum Gasteiger partial charge on any atom is 0.137 e. The Morgan fingerprint density at radius 3 is 3.15 bits per heavy atom. The second-order valence-corrected chi connectivity index (χ2v) is 2.76. The summed E-state index contributed by atoms with van der Waals surface area (Å²) in [5, 5.41) is 11.5. The normalized spacial score (nSPS) is 11.5. The molecule has 0 atom stereocenters. The molecule has 4 heteroatoms. The van der Waals surface area contributed by atoms with E-state index in [1.165, 1.54) is 6.21 Å². The minimum absolute atomic E-state index is 0.804. The third kappa shape index (κ3) is 1.16. The molecule has 0 aromatic carbocycles. The quantitative estimate of drug-likeness (QED) is 0.405. The van der Waals surface area contributed by atoms with E-state index in [1.54, 1.807) is 0 Å². The first kappa shape index (κ1) is 7.79. The van der Waals surface area contributed by atoms with Crippen molar-refractivity contribution in [1.82, 2.24) is 9.38 Å². The van der Waals surface area contributed by atoms with E-state index in [0.717, 1.165) is 17.0 Å². The van der Waals surface area contributed by atoms with Gasteiger partial charge in [0.25, 0.3) is 0 Å². The van der Waals surface area contributed by atoms with Crippen LogP contribution in [-0.4, -0.2) is 20.8 Å². The van der Waals surface area contributed by atoms with Crippen LogP contribution in [0.25, 0.3) is 5.65 Å². The van der Waals surface area contributed by atoms with Gasteiger partial charge in [-0.2, -0.15) is 0 Å². The molecule has 2 aromatic rings. The van der Waals surface area contributed by atoms with Crippen molar-refractivity contribution in [3.8, 4) is 0 Å². The van der Waals surface area contributed by atoms with Gasteiger partial charge in [-0.25, -0.2) is 4.98 Å². The van der Waals surface area contributed by atoms with Crippen LogP contribution in [0, 0.1) is 6.92 Å². The predicted octanol–water partition coefficient (Wildman–Crippen LogP) is 1.45. The summed E-state index contributed by atoms with van der Waals surface area (Å²) >= 11 is 0. The fourth-order valence-corrected chi connectivity index (χ4v) is 1.34. The van der Waals surface area contributed by atoms with Gasteiger partial charge in [0.2, 0.25) is 0 Å². The molecule has 0 amide bonds. The molecule has 0 spiro atoms. The van der Waals surface area contributed by atoms with Gasteiger partial charge in [-0.15, -0.1) is 0 Å². The number of fused-ring (bicyclic) bond motifs is 1. The first-order valence-corrected chi connectivity index (χ1v) is 3.94. The molecule has 0 aliphatic heterocycles. The Kier molecular flexibility index (Phi) is 1.73. The number of oxime groups is 1. The summed E-state index contributed by atoms with van der Waals surface area (Å²) in [5.41, 5.74) is 2.51. The number of nitrogens with zero attached hydrogens (tertiary/aromatic N) is 3. The van der Waals surface area contributed by atoms with Crippen molar-refractivity contribution < 1.29 is 5.21 Å². The maximum absolute atomic E-state index is 8.45.